The van der Waals surface area contributed by atoms with Gasteiger partial charge in [-0.1, -0.05) is 42.5 Å². The number of hydrogen-bond donors (Lipinski definition) is 2. The van der Waals surface area contributed by atoms with Crippen molar-refractivity contribution in [3.8, 4) is 0 Å². The van der Waals surface area contributed by atoms with Crippen LogP contribution in [-0.2, 0) is 11.2 Å². The molecule has 0 aliphatic rings. The number of imidazole rings is 1. The third-order valence-electron chi connectivity index (χ3n) is 3.57. The topological polar surface area (TPSA) is 66.0 Å². The highest BCUT2D eigenvalue weighted by Crippen LogP contribution is 2.24. The molecule has 22 heavy (non-hydrogen) atoms. The van der Waals surface area contributed by atoms with Crippen molar-refractivity contribution in [1.29, 1.82) is 0 Å². The summed E-state index contributed by atoms with van der Waals surface area (Å²) < 4.78 is 0. The summed E-state index contributed by atoms with van der Waals surface area (Å²) in [7, 11) is 0. The summed E-state index contributed by atoms with van der Waals surface area (Å²) in [6.45, 7) is 0. The number of carbonyl (C=O) groups is 1. The standard InChI is InChI=1S/C17H16N2O2.ClH/c20-17(21)11-13(12-6-2-1-3-7-12)10-16-18-14-8-4-5-9-15(14)19-16;/h1-9,13H,10-11H2,(H,18,19)(H,20,21);1H. The molecule has 1 heterocycles. The quantitative estimate of drug-likeness (QED) is 0.752. The summed E-state index contributed by atoms with van der Waals surface area (Å²) in [5, 5.41) is 9.13. The molecule has 2 N–H and O–H groups in total. The van der Waals surface area contributed by atoms with Crippen molar-refractivity contribution in [1.82, 2.24) is 9.97 Å². The number of halogens is 1. The first-order chi connectivity index (χ1) is 10.2. The number of nitrogens with one attached hydrogen (secondary N) is 1. The van der Waals surface area contributed by atoms with Crippen molar-refractivity contribution in [2.75, 3.05) is 0 Å². The number of nitrogens with zero attached hydrogens (tertiary/aromatic N) is 1. The molecule has 114 valence electrons. The van der Waals surface area contributed by atoms with Crippen molar-refractivity contribution >= 4 is 29.4 Å². The Hall–Kier alpha value is -2.33. The number of hydrogen-bond acceptors (Lipinski definition) is 2. The molecule has 2 aromatic carbocycles. The van der Waals surface area contributed by atoms with Gasteiger partial charge in [-0.05, 0) is 17.7 Å². The fourth-order valence-electron chi connectivity index (χ4n) is 2.58. The van der Waals surface area contributed by atoms with E-state index < -0.39 is 5.97 Å². The molecule has 3 aromatic rings. The van der Waals surface area contributed by atoms with Gasteiger partial charge >= 0.3 is 5.97 Å². The van der Waals surface area contributed by atoms with Gasteiger partial charge in [-0.3, -0.25) is 4.79 Å². The van der Waals surface area contributed by atoms with Crippen molar-refractivity contribution in [2.24, 2.45) is 0 Å². The lowest BCUT2D eigenvalue weighted by Gasteiger charge is -2.13. The second-order valence-electron chi connectivity index (χ2n) is 5.11. The fraction of sp³-hybridized carbons (Fsp3) is 0.176. The van der Waals surface area contributed by atoms with Crippen LogP contribution in [-0.4, -0.2) is 21.0 Å². The van der Waals surface area contributed by atoms with Gasteiger partial charge in [0, 0.05) is 12.3 Å². The zero-order valence-corrected chi connectivity index (χ0v) is 12.7. The van der Waals surface area contributed by atoms with Crippen LogP contribution in [0.5, 0.6) is 0 Å². The summed E-state index contributed by atoms with van der Waals surface area (Å²) in [6, 6.07) is 17.6. The molecule has 5 heteroatoms. The predicted octanol–water partition coefficient (Wildman–Crippen LogP) is 3.79. The van der Waals surface area contributed by atoms with Gasteiger partial charge in [0.25, 0.3) is 0 Å². The lowest BCUT2D eigenvalue weighted by atomic mass is 9.92. The Morgan fingerprint density at radius 3 is 2.45 bits per heavy atom. The second-order valence-corrected chi connectivity index (χ2v) is 5.11. The number of fused-ring (bicyclic) bond motifs is 1. The summed E-state index contributed by atoms with van der Waals surface area (Å²) in [5.41, 5.74) is 2.92. The van der Waals surface area contributed by atoms with E-state index in [2.05, 4.69) is 9.97 Å². The summed E-state index contributed by atoms with van der Waals surface area (Å²) in [4.78, 5) is 18.9. The summed E-state index contributed by atoms with van der Waals surface area (Å²) in [5.74, 6) is -0.0458. The minimum atomic E-state index is -0.792. The van der Waals surface area contributed by atoms with Crippen LogP contribution >= 0.6 is 12.4 Å². The molecule has 4 nitrogen and oxygen atoms in total. The molecule has 0 radical (unpaired) electrons. The average molecular weight is 317 g/mol. The van der Waals surface area contributed by atoms with E-state index >= 15 is 0 Å². The molecule has 3 rings (SSSR count). The van der Waals surface area contributed by atoms with Crippen LogP contribution < -0.4 is 0 Å². The molecule has 0 aliphatic carbocycles. The summed E-state index contributed by atoms with van der Waals surface area (Å²) in [6.07, 6.45) is 0.687. The zero-order valence-electron chi connectivity index (χ0n) is 11.9. The Morgan fingerprint density at radius 1 is 1.09 bits per heavy atom. The first-order valence-corrected chi connectivity index (χ1v) is 6.93. The Morgan fingerprint density at radius 2 is 1.77 bits per heavy atom. The fourth-order valence-corrected chi connectivity index (χ4v) is 2.58. The van der Waals surface area contributed by atoms with Crippen LogP contribution in [0, 0.1) is 0 Å². The van der Waals surface area contributed by atoms with E-state index in [1.54, 1.807) is 0 Å². The number of aromatic amines is 1. The van der Waals surface area contributed by atoms with Gasteiger partial charge in [0.1, 0.15) is 5.82 Å². The minimum absolute atomic E-state index is 0. The Bertz CT molecular complexity index is 722. The minimum Gasteiger partial charge on any atom is -0.481 e. The van der Waals surface area contributed by atoms with Gasteiger partial charge in [0.15, 0.2) is 0 Å². The molecule has 0 saturated carbocycles. The second kappa shape index (κ2) is 7.09. The van der Waals surface area contributed by atoms with E-state index in [9.17, 15) is 4.79 Å². The van der Waals surface area contributed by atoms with Crippen LogP contribution in [0.15, 0.2) is 54.6 Å². The maximum atomic E-state index is 11.1. The lowest BCUT2D eigenvalue weighted by Crippen LogP contribution is -2.10. The Balaban J connectivity index is 0.00000176. The molecule has 0 aliphatic heterocycles. The smallest absolute Gasteiger partial charge is 0.303 e. The number of para-hydroxylation sites is 2. The maximum Gasteiger partial charge on any atom is 0.303 e. The van der Waals surface area contributed by atoms with Gasteiger partial charge in [0.05, 0.1) is 17.5 Å². The molecule has 0 saturated heterocycles. The first kappa shape index (κ1) is 16.0. The van der Waals surface area contributed by atoms with E-state index in [-0.39, 0.29) is 24.7 Å². The average Bonchev–Trinajstić information content (AvgIpc) is 2.89. The van der Waals surface area contributed by atoms with Crippen molar-refractivity contribution in [3.05, 3.63) is 66.0 Å². The van der Waals surface area contributed by atoms with Gasteiger partial charge in [-0.2, -0.15) is 0 Å². The van der Waals surface area contributed by atoms with E-state index in [4.69, 9.17) is 5.11 Å². The van der Waals surface area contributed by atoms with Crippen molar-refractivity contribution in [2.45, 2.75) is 18.8 Å². The van der Waals surface area contributed by atoms with E-state index in [0.717, 1.165) is 22.4 Å². The molecule has 1 unspecified atom stereocenters. The highest BCUT2D eigenvalue weighted by atomic mass is 35.5. The van der Waals surface area contributed by atoms with Gasteiger partial charge in [-0.15, -0.1) is 12.4 Å². The summed E-state index contributed by atoms with van der Waals surface area (Å²) >= 11 is 0. The third-order valence-corrected chi connectivity index (χ3v) is 3.57. The monoisotopic (exact) mass is 316 g/mol. The van der Waals surface area contributed by atoms with Crippen molar-refractivity contribution in [3.63, 3.8) is 0 Å². The van der Waals surface area contributed by atoms with E-state index in [1.807, 2.05) is 54.6 Å². The molecule has 1 aromatic heterocycles. The van der Waals surface area contributed by atoms with E-state index in [0.29, 0.717) is 6.42 Å². The third kappa shape index (κ3) is 3.65. The largest absolute Gasteiger partial charge is 0.481 e. The van der Waals surface area contributed by atoms with Crippen LogP contribution in [0.1, 0.15) is 23.7 Å². The van der Waals surface area contributed by atoms with Gasteiger partial charge in [0.2, 0.25) is 0 Å². The molecule has 1 atom stereocenters. The van der Waals surface area contributed by atoms with E-state index in [1.165, 1.54) is 0 Å². The Kier molecular flexibility index (Phi) is 5.17. The SMILES string of the molecule is Cl.O=C(O)CC(Cc1nc2ccccc2[nH]1)c1ccccc1. The van der Waals surface area contributed by atoms with Gasteiger partial charge in [-0.25, -0.2) is 4.98 Å². The molecule has 0 bridgehead atoms. The lowest BCUT2D eigenvalue weighted by molar-refractivity contribution is -0.137. The van der Waals surface area contributed by atoms with Crippen LogP contribution in [0.25, 0.3) is 11.0 Å². The normalized spacial score (nSPS) is 11.8. The number of aromatic nitrogens is 2. The molecule has 0 amide bonds. The number of H-pyrrole nitrogens is 1. The van der Waals surface area contributed by atoms with Crippen LogP contribution in [0.3, 0.4) is 0 Å². The number of carboxylic acids is 1. The zero-order chi connectivity index (χ0) is 14.7. The molecule has 0 fully saturated rings. The maximum absolute atomic E-state index is 11.1. The first-order valence-electron chi connectivity index (χ1n) is 6.93. The van der Waals surface area contributed by atoms with Crippen LogP contribution in [0.4, 0.5) is 0 Å². The predicted molar refractivity (Wildman–Crippen MR) is 88.5 cm³/mol. The Labute approximate surface area is 134 Å². The van der Waals surface area contributed by atoms with Gasteiger partial charge < -0.3 is 10.1 Å². The highest BCUT2D eigenvalue weighted by Gasteiger charge is 2.17. The molecular weight excluding hydrogens is 300 g/mol. The number of benzene rings is 2. The number of aliphatic carboxylic acids is 1. The number of carboxylic acid groups (broad SMARTS) is 1. The van der Waals surface area contributed by atoms with Crippen LogP contribution in [0.2, 0.25) is 0 Å². The van der Waals surface area contributed by atoms with Crippen molar-refractivity contribution < 1.29 is 9.90 Å². The molecule has 0 spiro atoms. The number of rotatable bonds is 5. The highest BCUT2D eigenvalue weighted by molar-refractivity contribution is 5.85. The molecular formula is C17H17ClN2O2.